The maximum absolute atomic E-state index is 12.7. The van der Waals surface area contributed by atoms with Crippen molar-refractivity contribution in [1.29, 1.82) is 0 Å². The van der Waals surface area contributed by atoms with Crippen LogP contribution in [0.3, 0.4) is 0 Å². The molecule has 13 heteroatoms. The predicted molar refractivity (Wildman–Crippen MR) is 116 cm³/mol. The summed E-state index contributed by atoms with van der Waals surface area (Å²) < 4.78 is 0. The molecule has 33 heavy (non-hydrogen) atoms. The average molecular weight is 474 g/mol. The number of aliphatic carboxylic acids is 2. The van der Waals surface area contributed by atoms with E-state index in [0.717, 1.165) is 0 Å². The molecule has 0 radical (unpaired) electrons. The van der Waals surface area contributed by atoms with E-state index in [0.29, 0.717) is 6.42 Å². The first-order chi connectivity index (χ1) is 15.1. The highest BCUT2D eigenvalue weighted by Crippen LogP contribution is 2.07. The Hall–Kier alpha value is -3.22. The molecule has 0 saturated carbocycles. The van der Waals surface area contributed by atoms with Crippen LogP contribution in [0.5, 0.6) is 0 Å². The van der Waals surface area contributed by atoms with Crippen molar-refractivity contribution in [2.24, 2.45) is 23.3 Å². The van der Waals surface area contributed by atoms with Gasteiger partial charge in [-0.2, -0.15) is 0 Å². The van der Waals surface area contributed by atoms with Crippen LogP contribution in [0.4, 0.5) is 0 Å². The minimum Gasteiger partial charge on any atom is -0.481 e. The van der Waals surface area contributed by atoms with Crippen LogP contribution in [0.2, 0.25) is 0 Å². The summed E-state index contributed by atoms with van der Waals surface area (Å²) in [6.07, 6.45) is -0.971. The zero-order chi connectivity index (χ0) is 25.9. The average Bonchev–Trinajstić information content (AvgIpc) is 2.66. The molecule has 0 aliphatic carbocycles. The molecular formula is C20H35N5O8. The maximum Gasteiger partial charge on any atom is 0.326 e. The van der Waals surface area contributed by atoms with Gasteiger partial charge in [-0.3, -0.25) is 24.0 Å². The van der Waals surface area contributed by atoms with Crippen molar-refractivity contribution >= 4 is 35.6 Å². The SMILES string of the molecule is CC(C)CC(N)C(=O)NC(CC(=O)O)C(=O)NC(C(=O)NC(CCC(N)=O)C(=O)O)C(C)C. The smallest absolute Gasteiger partial charge is 0.326 e. The minimum atomic E-state index is -1.51. The molecule has 0 fully saturated rings. The van der Waals surface area contributed by atoms with E-state index >= 15 is 0 Å². The summed E-state index contributed by atoms with van der Waals surface area (Å²) in [6, 6.07) is -5.13. The van der Waals surface area contributed by atoms with Gasteiger partial charge in [0.15, 0.2) is 0 Å². The van der Waals surface area contributed by atoms with Crippen molar-refractivity contribution in [2.45, 2.75) is 77.5 Å². The van der Waals surface area contributed by atoms with Gasteiger partial charge >= 0.3 is 11.9 Å². The van der Waals surface area contributed by atoms with Gasteiger partial charge < -0.3 is 37.6 Å². The van der Waals surface area contributed by atoms with E-state index in [-0.39, 0.29) is 18.8 Å². The molecule has 188 valence electrons. The molecule has 0 saturated heterocycles. The van der Waals surface area contributed by atoms with E-state index in [9.17, 15) is 33.9 Å². The van der Waals surface area contributed by atoms with Crippen LogP contribution < -0.4 is 27.4 Å². The van der Waals surface area contributed by atoms with Crippen LogP contribution in [-0.4, -0.2) is 69.9 Å². The number of hydrogen-bond donors (Lipinski definition) is 7. The second-order valence-corrected chi connectivity index (χ2v) is 8.53. The first-order valence-corrected chi connectivity index (χ1v) is 10.5. The minimum absolute atomic E-state index is 0.0864. The summed E-state index contributed by atoms with van der Waals surface area (Å²) in [5.41, 5.74) is 10.8. The molecule has 0 spiro atoms. The fourth-order valence-electron chi connectivity index (χ4n) is 2.87. The van der Waals surface area contributed by atoms with Gasteiger partial charge in [-0.15, -0.1) is 0 Å². The van der Waals surface area contributed by atoms with E-state index in [1.807, 2.05) is 13.8 Å². The molecule has 0 aliphatic heterocycles. The van der Waals surface area contributed by atoms with E-state index < -0.39 is 72.1 Å². The number of hydrogen-bond acceptors (Lipinski definition) is 7. The molecule has 4 atom stereocenters. The third kappa shape index (κ3) is 11.8. The van der Waals surface area contributed by atoms with Crippen molar-refractivity contribution in [1.82, 2.24) is 16.0 Å². The number of carbonyl (C=O) groups excluding carboxylic acids is 4. The standard InChI is InChI=1S/C20H35N5O8/c1-9(2)7-11(21)17(29)24-13(8-15(27)28)18(30)25-16(10(3)4)19(31)23-12(20(32)33)5-6-14(22)26/h9-13,16H,5-8,21H2,1-4H3,(H2,22,26)(H,23,31)(H,24,29)(H,25,30)(H,27,28)(H,32,33). The molecule has 0 rings (SSSR count). The Labute approximate surface area is 192 Å². The summed E-state index contributed by atoms with van der Waals surface area (Å²) in [6.45, 7) is 6.84. The van der Waals surface area contributed by atoms with E-state index in [1.165, 1.54) is 0 Å². The number of rotatable bonds is 15. The van der Waals surface area contributed by atoms with Gasteiger partial charge in [0, 0.05) is 6.42 Å². The number of nitrogens with one attached hydrogen (secondary N) is 3. The molecule has 9 N–H and O–H groups in total. The van der Waals surface area contributed by atoms with Crippen molar-refractivity contribution in [3.8, 4) is 0 Å². The van der Waals surface area contributed by atoms with Crippen molar-refractivity contribution in [3.05, 3.63) is 0 Å². The Morgan fingerprint density at radius 1 is 0.818 bits per heavy atom. The van der Waals surface area contributed by atoms with Gasteiger partial charge in [-0.25, -0.2) is 4.79 Å². The molecule has 0 aliphatic rings. The van der Waals surface area contributed by atoms with Crippen molar-refractivity contribution in [3.63, 3.8) is 0 Å². The zero-order valence-electron chi connectivity index (χ0n) is 19.3. The molecule has 0 aromatic heterocycles. The highest BCUT2D eigenvalue weighted by Gasteiger charge is 2.33. The van der Waals surface area contributed by atoms with Gasteiger partial charge in [-0.1, -0.05) is 27.7 Å². The van der Waals surface area contributed by atoms with Gasteiger partial charge in [0.25, 0.3) is 0 Å². The van der Waals surface area contributed by atoms with Gasteiger partial charge in [0.05, 0.1) is 12.5 Å². The summed E-state index contributed by atoms with van der Waals surface area (Å²) >= 11 is 0. The van der Waals surface area contributed by atoms with E-state index in [4.69, 9.17) is 16.6 Å². The number of carboxylic acid groups (broad SMARTS) is 2. The molecule has 0 bridgehead atoms. The number of nitrogens with two attached hydrogens (primary N) is 2. The largest absolute Gasteiger partial charge is 0.481 e. The lowest BCUT2D eigenvalue weighted by atomic mass is 10.0. The molecule has 4 unspecified atom stereocenters. The molecule has 0 aromatic rings. The van der Waals surface area contributed by atoms with Gasteiger partial charge in [0.1, 0.15) is 18.1 Å². The quantitative estimate of drug-likeness (QED) is 0.143. The highest BCUT2D eigenvalue weighted by molar-refractivity contribution is 5.95. The summed E-state index contributed by atoms with van der Waals surface area (Å²) in [4.78, 5) is 71.2. The first-order valence-electron chi connectivity index (χ1n) is 10.5. The Morgan fingerprint density at radius 2 is 1.36 bits per heavy atom. The fraction of sp³-hybridized carbons (Fsp3) is 0.700. The summed E-state index contributed by atoms with van der Waals surface area (Å²) in [5, 5.41) is 25.3. The molecule has 0 aromatic carbocycles. The van der Waals surface area contributed by atoms with Crippen LogP contribution >= 0.6 is 0 Å². The fourth-order valence-corrected chi connectivity index (χ4v) is 2.87. The number of carbonyl (C=O) groups is 6. The Bertz CT molecular complexity index is 740. The lowest BCUT2D eigenvalue weighted by Gasteiger charge is -2.26. The molecular weight excluding hydrogens is 438 g/mol. The third-order valence-electron chi connectivity index (χ3n) is 4.61. The predicted octanol–water partition coefficient (Wildman–Crippen LogP) is -1.70. The van der Waals surface area contributed by atoms with Gasteiger partial charge in [0.2, 0.25) is 23.6 Å². The summed E-state index contributed by atoms with van der Waals surface area (Å²) in [7, 11) is 0. The lowest BCUT2D eigenvalue weighted by Crippen LogP contribution is -2.58. The number of carboxylic acids is 2. The van der Waals surface area contributed by atoms with Crippen molar-refractivity contribution in [2.75, 3.05) is 0 Å². The third-order valence-corrected chi connectivity index (χ3v) is 4.61. The van der Waals surface area contributed by atoms with E-state index in [2.05, 4.69) is 16.0 Å². The first kappa shape index (κ1) is 29.8. The molecule has 4 amide bonds. The zero-order valence-corrected chi connectivity index (χ0v) is 19.3. The summed E-state index contributed by atoms with van der Waals surface area (Å²) in [5.74, 6) is -6.45. The van der Waals surface area contributed by atoms with Crippen LogP contribution in [0, 0.1) is 11.8 Å². The molecule has 0 heterocycles. The van der Waals surface area contributed by atoms with Crippen LogP contribution in [0.15, 0.2) is 0 Å². The highest BCUT2D eigenvalue weighted by atomic mass is 16.4. The van der Waals surface area contributed by atoms with Gasteiger partial charge in [-0.05, 0) is 24.7 Å². The lowest BCUT2D eigenvalue weighted by molar-refractivity contribution is -0.144. The Balaban J connectivity index is 5.43. The second-order valence-electron chi connectivity index (χ2n) is 8.53. The topological polar surface area (TPSA) is 231 Å². The van der Waals surface area contributed by atoms with E-state index in [1.54, 1.807) is 13.8 Å². The number of primary amides is 1. The number of amides is 4. The van der Waals surface area contributed by atoms with Crippen LogP contribution in [-0.2, 0) is 28.8 Å². The Kier molecular flexibility index (Phi) is 12.7. The molecule has 13 nitrogen and oxygen atoms in total. The van der Waals surface area contributed by atoms with Crippen LogP contribution in [0.1, 0.15) is 53.4 Å². The normalized spacial score (nSPS) is 14.6. The maximum atomic E-state index is 12.7. The second kappa shape index (κ2) is 14.0. The monoisotopic (exact) mass is 473 g/mol. The van der Waals surface area contributed by atoms with Crippen LogP contribution in [0.25, 0.3) is 0 Å². The van der Waals surface area contributed by atoms with Crippen molar-refractivity contribution < 1.29 is 39.0 Å². The Morgan fingerprint density at radius 3 is 1.79 bits per heavy atom.